The summed E-state index contributed by atoms with van der Waals surface area (Å²) >= 11 is 6.26. The number of fused-ring (bicyclic) bond motifs is 3. The highest BCUT2D eigenvalue weighted by Crippen LogP contribution is 2.39. The van der Waals surface area contributed by atoms with Gasteiger partial charge < -0.3 is 14.5 Å². The van der Waals surface area contributed by atoms with Gasteiger partial charge in [0.15, 0.2) is 0 Å². The van der Waals surface area contributed by atoms with E-state index in [0.29, 0.717) is 31.0 Å². The van der Waals surface area contributed by atoms with Crippen LogP contribution in [0.15, 0.2) is 42.5 Å². The number of unbranched alkanes of at least 4 members (excludes halogenated alkanes) is 1. The number of terminal acetylenes is 1. The normalized spacial score (nSPS) is 15.3. The lowest BCUT2D eigenvalue weighted by molar-refractivity contribution is 0.0907. The highest BCUT2D eigenvalue weighted by Gasteiger charge is 2.35. The fourth-order valence-electron chi connectivity index (χ4n) is 4.16. The number of benzene rings is 2. The first-order valence-corrected chi connectivity index (χ1v) is 11.4. The number of nitrogens with one attached hydrogen (secondary N) is 1. The molecule has 32 heavy (non-hydrogen) atoms. The van der Waals surface area contributed by atoms with Gasteiger partial charge in [0.2, 0.25) is 0 Å². The number of hydrogen-bond donors (Lipinski definition) is 1. The highest BCUT2D eigenvalue weighted by molar-refractivity contribution is 6.31. The van der Waals surface area contributed by atoms with Crippen LogP contribution in [0.1, 0.15) is 49.0 Å². The molecule has 0 bridgehead atoms. The molecule has 6 heteroatoms. The van der Waals surface area contributed by atoms with Crippen molar-refractivity contribution in [3.05, 3.63) is 64.3 Å². The van der Waals surface area contributed by atoms with Crippen molar-refractivity contribution in [2.75, 3.05) is 19.8 Å². The van der Waals surface area contributed by atoms with Gasteiger partial charge in [-0.25, -0.2) is 4.79 Å². The lowest BCUT2D eigenvalue weighted by Crippen LogP contribution is -2.41. The average molecular weight is 451 g/mol. The molecule has 1 aliphatic heterocycles. The van der Waals surface area contributed by atoms with Crippen LogP contribution in [0.2, 0.25) is 5.02 Å². The molecule has 1 amide bonds. The zero-order chi connectivity index (χ0) is 22.5. The molecule has 0 saturated heterocycles. The molecule has 1 unspecified atom stereocenters. The van der Waals surface area contributed by atoms with E-state index in [9.17, 15) is 4.79 Å². The van der Waals surface area contributed by atoms with Gasteiger partial charge in [0, 0.05) is 34.6 Å². The van der Waals surface area contributed by atoms with Crippen LogP contribution in [0.3, 0.4) is 0 Å². The fourth-order valence-corrected chi connectivity index (χ4v) is 4.34. The van der Waals surface area contributed by atoms with Gasteiger partial charge in [-0.15, -0.1) is 12.3 Å². The van der Waals surface area contributed by atoms with Crippen molar-refractivity contribution in [2.24, 2.45) is 0 Å². The summed E-state index contributed by atoms with van der Waals surface area (Å²) in [4.78, 5) is 18.2. The minimum absolute atomic E-state index is 0.206. The smallest absolute Gasteiger partial charge is 0.410 e. The SMILES string of the molecule is C#CCCOC(=O)N1CCc2c([nH]c3ccc(Cl)cc23)C1c1ccc(OCCCC)cc1. The van der Waals surface area contributed by atoms with Gasteiger partial charge in [0.1, 0.15) is 18.4 Å². The van der Waals surface area contributed by atoms with Gasteiger partial charge in [-0.3, -0.25) is 4.90 Å². The molecule has 0 aliphatic carbocycles. The van der Waals surface area contributed by atoms with Crippen LogP contribution in [-0.2, 0) is 11.2 Å². The first-order valence-electron chi connectivity index (χ1n) is 11.0. The number of hydrogen-bond acceptors (Lipinski definition) is 3. The zero-order valence-corrected chi connectivity index (χ0v) is 19.0. The van der Waals surface area contributed by atoms with Gasteiger partial charge in [-0.1, -0.05) is 37.1 Å². The summed E-state index contributed by atoms with van der Waals surface area (Å²) in [5.74, 6) is 3.33. The molecule has 1 atom stereocenters. The number of aromatic amines is 1. The van der Waals surface area contributed by atoms with Crippen LogP contribution in [0.5, 0.6) is 5.75 Å². The predicted octanol–water partition coefficient (Wildman–Crippen LogP) is 6.11. The lowest BCUT2D eigenvalue weighted by atomic mass is 9.92. The molecule has 5 nitrogen and oxygen atoms in total. The van der Waals surface area contributed by atoms with E-state index in [1.807, 2.05) is 42.5 Å². The van der Waals surface area contributed by atoms with Crippen LogP contribution >= 0.6 is 11.6 Å². The predicted molar refractivity (Wildman–Crippen MR) is 127 cm³/mol. The molecule has 166 valence electrons. The standard InChI is InChI=1S/C26H27ClN2O3/c1-3-5-15-31-20-10-7-18(8-11-20)25-24-21(22-17-19(27)9-12-23(22)28-24)13-14-29(25)26(30)32-16-6-4-2/h2,7-12,17,25,28H,3,5-6,13-16H2,1H3. The van der Waals surface area contributed by atoms with E-state index in [4.69, 9.17) is 27.5 Å². The van der Waals surface area contributed by atoms with Crippen molar-refractivity contribution >= 4 is 28.6 Å². The molecule has 0 spiro atoms. The van der Waals surface area contributed by atoms with Gasteiger partial charge in [-0.05, 0) is 54.3 Å². The summed E-state index contributed by atoms with van der Waals surface area (Å²) in [5.41, 5.74) is 4.16. The monoisotopic (exact) mass is 450 g/mol. The molecule has 3 aromatic rings. The van der Waals surface area contributed by atoms with Crippen LogP contribution in [0, 0.1) is 12.3 Å². The number of amides is 1. The first kappa shape index (κ1) is 22.1. The summed E-state index contributed by atoms with van der Waals surface area (Å²) in [6, 6.07) is 13.5. The van der Waals surface area contributed by atoms with Crippen molar-refractivity contribution in [1.82, 2.24) is 9.88 Å². The van der Waals surface area contributed by atoms with E-state index in [2.05, 4.69) is 17.8 Å². The van der Waals surface area contributed by atoms with E-state index in [0.717, 1.165) is 40.8 Å². The zero-order valence-electron chi connectivity index (χ0n) is 18.2. The number of carbonyl (C=O) groups is 1. The van der Waals surface area contributed by atoms with E-state index < -0.39 is 0 Å². The molecule has 0 fully saturated rings. The Morgan fingerprint density at radius 2 is 2.06 bits per heavy atom. The third-order valence-corrected chi connectivity index (χ3v) is 5.99. The van der Waals surface area contributed by atoms with Crippen molar-refractivity contribution < 1.29 is 14.3 Å². The second-order valence-electron chi connectivity index (χ2n) is 7.89. The van der Waals surface area contributed by atoms with Crippen molar-refractivity contribution in [3.63, 3.8) is 0 Å². The Morgan fingerprint density at radius 1 is 1.25 bits per heavy atom. The average Bonchev–Trinajstić information content (AvgIpc) is 3.17. The summed E-state index contributed by atoms with van der Waals surface area (Å²) in [6.07, 6.45) is 8.15. The Morgan fingerprint density at radius 3 is 2.81 bits per heavy atom. The quantitative estimate of drug-likeness (QED) is 0.349. The van der Waals surface area contributed by atoms with Gasteiger partial charge >= 0.3 is 6.09 Å². The van der Waals surface area contributed by atoms with E-state index in [-0.39, 0.29) is 18.7 Å². The summed E-state index contributed by atoms with van der Waals surface area (Å²) < 4.78 is 11.3. The van der Waals surface area contributed by atoms with Gasteiger partial charge in [0.05, 0.1) is 6.61 Å². The Balaban J connectivity index is 1.69. The Hall–Kier alpha value is -3.10. The topological polar surface area (TPSA) is 54.6 Å². The maximum atomic E-state index is 13.0. The molecular weight excluding hydrogens is 424 g/mol. The lowest BCUT2D eigenvalue weighted by Gasteiger charge is -2.35. The maximum Gasteiger partial charge on any atom is 0.410 e. The van der Waals surface area contributed by atoms with Crippen molar-refractivity contribution in [3.8, 4) is 18.1 Å². The molecule has 1 aromatic heterocycles. The van der Waals surface area contributed by atoms with Crippen LogP contribution < -0.4 is 4.74 Å². The number of rotatable bonds is 7. The first-order chi connectivity index (χ1) is 15.6. The van der Waals surface area contributed by atoms with E-state index >= 15 is 0 Å². The molecule has 2 heterocycles. The van der Waals surface area contributed by atoms with Crippen LogP contribution in [-0.4, -0.2) is 35.7 Å². The molecule has 4 rings (SSSR count). The van der Waals surface area contributed by atoms with E-state index in [1.54, 1.807) is 4.90 Å². The summed E-state index contributed by atoms with van der Waals surface area (Å²) in [5, 5.41) is 1.79. The second-order valence-corrected chi connectivity index (χ2v) is 8.33. The fraction of sp³-hybridized carbons (Fsp3) is 0.346. The highest BCUT2D eigenvalue weighted by atomic mass is 35.5. The maximum absolute atomic E-state index is 13.0. The molecule has 1 N–H and O–H groups in total. The molecule has 2 aromatic carbocycles. The van der Waals surface area contributed by atoms with Crippen molar-refractivity contribution in [2.45, 2.75) is 38.6 Å². The third kappa shape index (κ3) is 4.56. The molecule has 0 radical (unpaired) electrons. The Bertz CT molecular complexity index is 1130. The van der Waals surface area contributed by atoms with Crippen LogP contribution in [0.25, 0.3) is 10.9 Å². The van der Waals surface area contributed by atoms with Gasteiger partial charge in [-0.2, -0.15) is 0 Å². The second kappa shape index (κ2) is 10.0. The number of ether oxygens (including phenoxy) is 2. The Labute approximate surface area is 193 Å². The Kier molecular flexibility index (Phi) is 6.92. The third-order valence-electron chi connectivity index (χ3n) is 5.76. The number of H-pyrrole nitrogens is 1. The number of halogens is 1. The van der Waals surface area contributed by atoms with Gasteiger partial charge in [0.25, 0.3) is 0 Å². The van der Waals surface area contributed by atoms with Crippen molar-refractivity contribution in [1.29, 1.82) is 0 Å². The number of nitrogens with zero attached hydrogens (tertiary/aromatic N) is 1. The van der Waals surface area contributed by atoms with E-state index in [1.165, 1.54) is 5.56 Å². The molecule has 0 saturated carbocycles. The largest absolute Gasteiger partial charge is 0.494 e. The minimum atomic E-state index is -0.365. The van der Waals surface area contributed by atoms with Crippen LogP contribution in [0.4, 0.5) is 4.79 Å². The summed E-state index contributed by atoms with van der Waals surface area (Å²) in [6.45, 7) is 3.58. The molecular formula is C26H27ClN2O3. The number of carbonyl (C=O) groups excluding carboxylic acids is 1. The summed E-state index contributed by atoms with van der Waals surface area (Å²) in [7, 11) is 0. The number of aromatic nitrogens is 1. The molecule has 1 aliphatic rings. The minimum Gasteiger partial charge on any atom is -0.494 e.